The third-order valence-corrected chi connectivity index (χ3v) is 4.98. The number of phenolic OH excluding ortho intramolecular Hbond substituents is 1. The van der Waals surface area contributed by atoms with Crippen molar-refractivity contribution in [2.24, 2.45) is 0 Å². The van der Waals surface area contributed by atoms with Gasteiger partial charge in [-0.2, -0.15) is 0 Å². The monoisotopic (exact) mass is 347 g/mol. The van der Waals surface area contributed by atoms with Crippen molar-refractivity contribution in [2.75, 3.05) is 19.5 Å². The first-order chi connectivity index (χ1) is 11.6. The second-order valence-corrected chi connectivity index (χ2v) is 6.87. The molecule has 0 aliphatic carbocycles. The lowest BCUT2D eigenvalue weighted by Crippen LogP contribution is -2.09. The molecular weight excluding hydrogens is 324 g/mol. The number of aromatic hydroxyl groups is 1. The lowest BCUT2D eigenvalue weighted by Gasteiger charge is -2.05. The highest BCUT2D eigenvalue weighted by Crippen LogP contribution is 2.20. The number of hydrogen-bond donors (Lipinski definition) is 2. The normalized spacial score (nSPS) is 11.1. The Kier molecular flexibility index (Phi) is 8.68. The molecule has 1 unspecified atom stereocenters. The van der Waals surface area contributed by atoms with Gasteiger partial charge in [-0.05, 0) is 36.4 Å². The molecule has 128 valence electrons. The maximum absolute atomic E-state index is 11.6. The van der Waals surface area contributed by atoms with Crippen molar-refractivity contribution < 1.29 is 19.7 Å². The lowest BCUT2D eigenvalue weighted by atomic mass is 10.1. The van der Waals surface area contributed by atoms with Crippen molar-refractivity contribution in [1.82, 2.24) is 0 Å². The van der Waals surface area contributed by atoms with Crippen LogP contribution in [0.15, 0.2) is 66.6 Å². The molecule has 0 fully saturated rings. The highest BCUT2D eigenvalue weighted by molar-refractivity contribution is 7.95. The van der Waals surface area contributed by atoms with E-state index >= 15 is 0 Å². The summed E-state index contributed by atoms with van der Waals surface area (Å²) in [5, 5.41) is 18.0. The highest BCUT2D eigenvalue weighted by atomic mass is 32.2. The summed E-state index contributed by atoms with van der Waals surface area (Å²) in [6, 6.07) is 14.6. The molecule has 2 N–H and O–H groups in total. The van der Waals surface area contributed by atoms with Crippen molar-refractivity contribution in [3.05, 3.63) is 72.8 Å². The second-order valence-electron chi connectivity index (χ2n) is 4.83. The van der Waals surface area contributed by atoms with Crippen LogP contribution in [-0.4, -0.2) is 35.7 Å². The molecule has 24 heavy (non-hydrogen) atoms. The Morgan fingerprint density at radius 2 is 1.67 bits per heavy atom. The smallest absolute Gasteiger partial charge is 0.338 e. The van der Waals surface area contributed by atoms with Crippen LogP contribution < -0.4 is 0 Å². The number of benzene rings is 2. The minimum atomic E-state index is -0.422. The van der Waals surface area contributed by atoms with Crippen LogP contribution in [0, 0.1) is 0 Å². The van der Waals surface area contributed by atoms with Crippen LogP contribution in [0.1, 0.15) is 15.9 Å². The Morgan fingerprint density at radius 3 is 2.21 bits per heavy atom. The Balaban J connectivity index is 0.00000139. The largest absolute Gasteiger partial charge is 0.508 e. The first-order valence-corrected chi connectivity index (χ1v) is 9.19. The van der Waals surface area contributed by atoms with E-state index in [2.05, 4.69) is 19.4 Å². The van der Waals surface area contributed by atoms with Gasteiger partial charge in [-0.25, -0.2) is 4.79 Å². The summed E-state index contributed by atoms with van der Waals surface area (Å²) in [6.45, 7) is 5.84. The van der Waals surface area contributed by atoms with E-state index in [1.807, 2.05) is 24.3 Å². The van der Waals surface area contributed by atoms with Crippen LogP contribution in [0.4, 0.5) is 0 Å². The third-order valence-electron chi connectivity index (χ3n) is 3.14. The van der Waals surface area contributed by atoms with Gasteiger partial charge < -0.3 is 14.9 Å². The molecular formula is C19H23O4S+. The SMILES string of the molecule is C=C.C[S+](Cc1ccc(C(=O)OCCO)cc1)c1ccc(O)cc1. The fourth-order valence-corrected chi connectivity index (χ4v) is 3.43. The van der Waals surface area contributed by atoms with Gasteiger partial charge >= 0.3 is 5.97 Å². The number of aliphatic hydroxyl groups is 1. The van der Waals surface area contributed by atoms with Crippen LogP contribution >= 0.6 is 0 Å². The number of carbonyl (C=O) groups excluding carboxylic acids is 1. The van der Waals surface area contributed by atoms with E-state index in [0.717, 1.165) is 11.3 Å². The van der Waals surface area contributed by atoms with E-state index in [4.69, 9.17) is 9.84 Å². The Morgan fingerprint density at radius 1 is 1.08 bits per heavy atom. The van der Waals surface area contributed by atoms with Gasteiger partial charge in [-0.1, -0.05) is 12.1 Å². The zero-order valence-electron chi connectivity index (χ0n) is 13.8. The second kappa shape index (κ2) is 10.5. The molecule has 0 aromatic heterocycles. The molecule has 0 aliphatic heterocycles. The molecule has 0 bridgehead atoms. The number of ether oxygens (including phenoxy) is 1. The summed E-state index contributed by atoms with van der Waals surface area (Å²) < 4.78 is 4.87. The van der Waals surface area contributed by atoms with E-state index in [0.29, 0.717) is 5.56 Å². The predicted octanol–water partition coefficient (Wildman–Crippen LogP) is 3.15. The van der Waals surface area contributed by atoms with Crippen molar-refractivity contribution in [1.29, 1.82) is 0 Å². The molecule has 0 spiro atoms. The quantitative estimate of drug-likeness (QED) is 0.479. The summed E-state index contributed by atoms with van der Waals surface area (Å²) in [5.41, 5.74) is 1.62. The van der Waals surface area contributed by atoms with Crippen LogP contribution in [0.25, 0.3) is 0 Å². The molecule has 0 amide bonds. The molecule has 0 saturated carbocycles. The first kappa shape index (κ1) is 19.8. The first-order valence-electron chi connectivity index (χ1n) is 7.38. The van der Waals surface area contributed by atoms with Crippen LogP contribution in [0.2, 0.25) is 0 Å². The lowest BCUT2D eigenvalue weighted by molar-refractivity contribution is 0.0434. The number of esters is 1. The minimum absolute atomic E-state index is 0.0137. The number of hydrogen-bond acceptors (Lipinski definition) is 4. The Hall–Kier alpha value is -2.24. The average molecular weight is 347 g/mol. The number of phenols is 1. The van der Waals surface area contributed by atoms with Crippen molar-refractivity contribution in [3.8, 4) is 5.75 Å². The number of carbonyl (C=O) groups is 1. The Labute approximate surface area is 145 Å². The Bertz CT molecular complexity index is 623. The standard InChI is InChI=1S/C17H18O4S.C2H4/c1-22(16-8-6-15(19)7-9-16)12-13-2-4-14(5-3-13)17(20)21-11-10-18;1-2/h2-9,18H,10-12H2,1H3;1-2H2/p+1. The topological polar surface area (TPSA) is 66.8 Å². The summed E-state index contributed by atoms with van der Waals surface area (Å²) in [6.07, 6.45) is 2.15. The molecule has 0 heterocycles. The minimum Gasteiger partial charge on any atom is -0.508 e. The third kappa shape index (κ3) is 6.10. The van der Waals surface area contributed by atoms with Crippen molar-refractivity contribution in [2.45, 2.75) is 10.6 Å². The van der Waals surface area contributed by atoms with Gasteiger partial charge in [-0.3, -0.25) is 0 Å². The molecule has 2 rings (SSSR count). The molecule has 0 radical (unpaired) electrons. The number of rotatable bonds is 6. The summed E-state index contributed by atoms with van der Waals surface area (Å²) in [5.74, 6) is 0.720. The van der Waals surface area contributed by atoms with Crippen LogP contribution in [-0.2, 0) is 21.4 Å². The van der Waals surface area contributed by atoms with Crippen molar-refractivity contribution >= 4 is 16.9 Å². The summed E-state index contributed by atoms with van der Waals surface area (Å²) in [7, 11) is 0.0249. The van der Waals surface area contributed by atoms with Gasteiger partial charge in [0, 0.05) is 16.5 Å². The van der Waals surface area contributed by atoms with Crippen LogP contribution in [0.3, 0.4) is 0 Å². The van der Waals surface area contributed by atoms with Crippen LogP contribution in [0.5, 0.6) is 5.75 Å². The molecule has 2 aromatic rings. The van der Waals surface area contributed by atoms with Gasteiger partial charge in [0.1, 0.15) is 24.4 Å². The average Bonchev–Trinajstić information content (AvgIpc) is 2.62. The van der Waals surface area contributed by atoms with Gasteiger partial charge in [0.15, 0.2) is 4.90 Å². The van der Waals surface area contributed by atoms with Gasteiger partial charge in [-0.15, -0.1) is 13.2 Å². The molecule has 0 saturated heterocycles. The fraction of sp³-hybridized carbons (Fsp3) is 0.211. The van der Waals surface area contributed by atoms with Gasteiger partial charge in [0.05, 0.1) is 12.2 Å². The number of aliphatic hydroxyl groups excluding tert-OH is 1. The van der Waals surface area contributed by atoms with E-state index < -0.39 is 5.97 Å². The van der Waals surface area contributed by atoms with E-state index in [9.17, 15) is 9.90 Å². The molecule has 0 aliphatic rings. The molecule has 5 heteroatoms. The van der Waals surface area contributed by atoms with Gasteiger partial charge in [0.2, 0.25) is 0 Å². The van der Waals surface area contributed by atoms with E-state index in [-0.39, 0.29) is 29.9 Å². The maximum atomic E-state index is 11.6. The molecule has 1 atom stereocenters. The zero-order valence-corrected chi connectivity index (χ0v) is 14.6. The van der Waals surface area contributed by atoms with E-state index in [1.165, 1.54) is 4.90 Å². The fourth-order valence-electron chi connectivity index (χ4n) is 1.97. The van der Waals surface area contributed by atoms with E-state index in [1.54, 1.807) is 24.3 Å². The molecule has 2 aromatic carbocycles. The summed E-state index contributed by atoms with van der Waals surface area (Å²) in [4.78, 5) is 12.8. The van der Waals surface area contributed by atoms with Gasteiger partial charge in [0.25, 0.3) is 0 Å². The maximum Gasteiger partial charge on any atom is 0.338 e. The predicted molar refractivity (Wildman–Crippen MR) is 98.4 cm³/mol. The summed E-state index contributed by atoms with van der Waals surface area (Å²) >= 11 is 0. The highest BCUT2D eigenvalue weighted by Gasteiger charge is 2.16. The van der Waals surface area contributed by atoms with Crippen molar-refractivity contribution in [3.63, 3.8) is 0 Å². The zero-order chi connectivity index (χ0) is 17.9. The molecule has 4 nitrogen and oxygen atoms in total.